The van der Waals surface area contributed by atoms with Crippen LogP contribution in [-0.4, -0.2) is 21.4 Å². The van der Waals surface area contributed by atoms with Crippen LogP contribution in [-0.2, 0) is 21.4 Å². The number of rotatable bonds is 5. The Morgan fingerprint density at radius 2 is 2.20 bits per heavy atom. The highest BCUT2D eigenvalue weighted by molar-refractivity contribution is 7.91. The number of amides is 1. The molecule has 2 rings (SSSR count). The number of sulfonamides is 1. The fourth-order valence-electron chi connectivity index (χ4n) is 2.05. The first-order chi connectivity index (χ1) is 9.53. The molecule has 20 heavy (non-hydrogen) atoms. The normalized spacial score (nSPS) is 18.9. The first-order valence-corrected chi connectivity index (χ1v) is 8.78. The number of hydrogen-bond donors (Lipinski definition) is 2. The van der Waals surface area contributed by atoms with E-state index in [4.69, 9.17) is 0 Å². The molecule has 1 aliphatic rings. The van der Waals surface area contributed by atoms with Crippen LogP contribution in [0.25, 0.3) is 0 Å². The lowest BCUT2D eigenvalue weighted by molar-refractivity contribution is -0.125. The zero-order valence-corrected chi connectivity index (χ0v) is 12.9. The lowest BCUT2D eigenvalue weighted by Crippen LogP contribution is -2.30. The predicted octanol–water partition coefficient (Wildman–Crippen LogP) is 1.63. The van der Waals surface area contributed by atoms with Gasteiger partial charge >= 0.3 is 0 Å². The minimum absolute atomic E-state index is 0.0421. The molecule has 1 heterocycles. The third-order valence-electron chi connectivity index (χ3n) is 3.25. The van der Waals surface area contributed by atoms with Crippen LogP contribution in [0.4, 0.5) is 0 Å². The van der Waals surface area contributed by atoms with Crippen LogP contribution < -0.4 is 10.0 Å². The van der Waals surface area contributed by atoms with Crippen molar-refractivity contribution in [3.05, 3.63) is 29.2 Å². The summed E-state index contributed by atoms with van der Waals surface area (Å²) in [5, 5.41) is 2.87. The van der Waals surface area contributed by atoms with Gasteiger partial charge < -0.3 is 5.32 Å². The van der Waals surface area contributed by atoms with Gasteiger partial charge in [-0.15, -0.1) is 11.3 Å². The second-order valence-electron chi connectivity index (χ2n) is 4.63. The molecule has 110 valence electrons. The Hall–Kier alpha value is -1.18. The largest absolute Gasteiger partial charge is 0.351 e. The van der Waals surface area contributed by atoms with E-state index in [1.54, 1.807) is 12.1 Å². The molecule has 0 bridgehead atoms. The standard InChI is InChI=1S/C13H18N2O3S2/c1-14-20(17,18)12-8-7-11(19-12)9-15-13(16)10-5-3-2-4-6-10/h2-3,7-8,10,14H,4-6,9H2,1H3,(H,15,16). The Morgan fingerprint density at radius 1 is 1.40 bits per heavy atom. The van der Waals surface area contributed by atoms with Gasteiger partial charge in [0, 0.05) is 10.8 Å². The molecule has 7 heteroatoms. The molecule has 0 aromatic carbocycles. The number of allylic oxidation sites excluding steroid dienone is 2. The summed E-state index contributed by atoms with van der Waals surface area (Å²) < 4.78 is 25.8. The summed E-state index contributed by atoms with van der Waals surface area (Å²) in [6, 6.07) is 3.29. The van der Waals surface area contributed by atoms with E-state index < -0.39 is 10.0 Å². The highest BCUT2D eigenvalue weighted by Gasteiger charge is 2.19. The van der Waals surface area contributed by atoms with Crippen LogP contribution in [0.1, 0.15) is 24.1 Å². The predicted molar refractivity (Wildman–Crippen MR) is 78.9 cm³/mol. The van der Waals surface area contributed by atoms with E-state index in [1.165, 1.54) is 18.4 Å². The Bertz CT molecular complexity index is 605. The highest BCUT2D eigenvalue weighted by atomic mass is 32.2. The van der Waals surface area contributed by atoms with E-state index in [0.29, 0.717) is 6.54 Å². The summed E-state index contributed by atoms with van der Waals surface area (Å²) in [5.41, 5.74) is 0. The number of nitrogens with one attached hydrogen (secondary N) is 2. The Kier molecular flexibility index (Phi) is 4.95. The zero-order valence-electron chi connectivity index (χ0n) is 11.3. The van der Waals surface area contributed by atoms with Gasteiger partial charge in [-0.2, -0.15) is 0 Å². The maximum atomic E-state index is 12.0. The third kappa shape index (κ3) is 3.68. The molecule has 1 aliphatic carbocycles. The van der Waals surface area contributed by atoms with Gasteiger partial charge in [0.15, 0.2) is 0 Å². The van der Waals surface area contributed by atoms with Crippen LogP contribution in [0.3, 0.4) is 0 Å². The van der Waals surface area contributed by atoms with Crippen LogP contribution in [0.2, 0.25) is 0 Å². The Labute approximate surface area is 123 Å². The summed E-state index contributed by atoms with van der Waals surface area (Å²) in [4.78, 5) is 12.8. The summed E-state index contributed by atoms with van der Waals surface area (Å²) in [5.74, 6) is 0.0845. The van der Waals surface area contributed by atoms with Gasteiger partial charge in [0.05, 0.1) is 6.54 Å². The van der Waals surface area contributed by atoms with Crippen LogP contribution in [0, 0.1) is 5.92 Å². The van der Waals surface area contributed by atoms with E-state index in [0.717, 1.165) is 24.1 Å². The van der Waals surface area contributed by atoms with Crippen molar-refractivity contribution in [2.75, 3.05) is 7.05 Å². The minimum atomic E-state index is -3.39. The Balaban J connectivity index is 1.91. The monoisotopic (exact) mass is 314 g/mol. The second-order valence-corrected chi connectivity index (χ2v) is 7.91. The number of carbonyl (C=O) groups excluding carboxylic acids is 1. The summed E-state index contributed by atoms with van der Waals surface area (Å²) in [6.07, 6.45) is 6.75. The van der Waals surface area contributed by atoms with E-state index in [-0.39, 0.29) is 16.0 Å². The lowest BCUT2D eigenvalue weighted by Gasteiger charge is -2.16. The quantitative estimate of drug-likeness (QED) is 0.811. The van der Waals surface area contributed by atoms with Crippen molar-refractivity contribution in [2.24, 2.45) is 5.92 Å². The molecule has 1 aromatic rings. The summed E-state index contributed by atoms with van der Waals surface area (Å²) >= 11 is 1.17. The van der Waals surface area contributed by atoms with Crippen molar-refractivity contribution < 1.29 is 13.2 Å². The molecule has 0 spiro atoms. The van der Waals surface area contributed by atoms with Crippen molar-refractivity contribution in [3.63, 3.8) is 0 Å². The molecule has 0 radical (unpaired) electrons. The molecule has 0 aliphatic heterocycles. The molecule has 2 N–H and O–H groups in total. The minimum Gasteiger partial charge on any atom is -0.351 e. The van der Waals surface area contributed by atoms with E-state index in [9.17, 15) is 13.2 Å². The third-order valence-corrected chi connectivity index (χ3v) is 6.24. The molecule has 0 saturated heterocycles. The number of carbonyl (C=O) groups is 1. The van der Waals surface area contributed by atoms with Gasteiger partial charge in [-0.1, -0.05) is 12.2 Å². The molecule has 1 amide bonds. The first kappa shape index (κ1) is 15.2. The van der Waals surface area contributed by atoms with Crippen molar-refractivity contribution in [1.82, 2.24) is 10.0 Å². The highest BCUT2D eigenvalue weighted by Crippen LogP contribution is 2.22. The van der Waals surface area contributed by atoms with Crippen molar-refractivity contribution in [3.8, 4) is 0 Å². The average Bonchev–Trinajstić information content (AvgIpc) is 2.95. The maximum absolute atomic E-state index is 12.0. The van der Waals surface area contributed by atoms with Gasteiger partial charge in [0.2, 0.25) is 15.9 Å². The van der Waals surface area contributed by atoms with E-state index >= 15 is 0 Å². The molecule has 1 aromatic heterocycles. The van der Waals surface area contributed by atoms with Crippen LogP contribution in [0.15, 0.2) is 28.5 Å². The first-order valence-electron chi connectivity index (χ1n) is 6.48. The smallest absolute Gasteiger partial charge is 0.249 e. The van der Waals surface area contributed by atoms with Gasteiger partial charge in [-0.25, -0.2) is 13.1 Å². The van der Waals surface area contributed by atoms with Crippen molar-refractivity contribution >= 4 is 27.3 Å². The fraction of sp³-hybridized carbons (Fsp3) is 0.462. The average molecular weight is 314 g/mol. The lowest BCUT2D eigenvalue weighted by atomic mass is 9.94. The SMILES string of the molecule is CNS(=O)(=O)c1ccc(CNC(=O)C2CC=CCC2)s1. The number of thiophene rings is 1. The summed E-state index contributed by atoms with van der Waals surface area (Å²) in [6.45, 7) is 0.378. The molecular formula is C13H18N2O3S2. The second kappa shape index (κ2) is 6.51. The molecule has 1 atom stereocenters. The molecule has 1 unspecified atom stereocenters. The number of hydrogen-bond acceptors (Lipinski definition) is 4. The molecule has 5 nitrogen and oxygen atoms in total. The van der Waals surface area contributed by atoms with Gasteiger partial charge in [0.1, 0.15) is 4.21 Å². The topological polar surface area (TPSA) is 75.3 Å². The maximum Gasteiger partial charge on any atom is 0.249 e. The Morgan fingerprint density at radius 3 is 2.85 bits per heavy atom. The molecular weight excluding hydrogens is 296 g/mol. The van der Waals surface area contributed by atoms with Gasteiger partial charge in [-0.05, 0) is 38.4 Å². The summed E-state index contributed by atoms with van der Waals surface area (Å²) in [7, 11) is -2.01. The molecule has 0 fully saturated rings. The zero-order chi connectivity index (χ0) is 14.6. The molecule has 0 saturated carbocycles. The van der Waals surface area contributed by atoms with Crippen LogP contribution >= 0.6 is 11.3 Å². The van der Waals surface area contributed by atoms with Crippen LogP contribution in [0.5, 0.6) is 0 Å². The van der Waals surface area contributed by atoms with Crippen molar-refractivity contribution in [2.45, 2.75) is 30.0 Å². The van der Waals surface area contributed by atoms with Gasteiger partial charge in [-0.3, -0.25) is 4.79 Å². The fourth-order valence-corrected chi connectivity index (χ4v) is 4.18. The van der Waals surface area contributed by atoms with E-state index in [2.05, 4.69) is 16.1 Å². The van der Waals surface area contributed by atoms with E-state index in [1.807, 2.05) is 6.08 Å². The van der Waals surface area contributed by atoms with Gasteiger partial charge in [0.25, 0.3) is 0 Å². The van der Waals surface area contributed by atoms with Crippen molar-refractivity contribution in [1.29, 1.82) is 0 Å².